The fourth-order valence-corrected chi connectivity index (χ4v) is 5.07. The second kappa shape index (κ2) is 5.87. The number of hydrogen-bond acceptors (Lipinski definition) is 4. The molecular weight excluding hydrogens is 274 g/mol. The average Bonchev–Trinajstić information content (AvgIpc) is 2.57. The molecule has 1 aromatic rings. The molecule has 0 amide bonds. The minimum atomic E-state index is 0.167. The van der Waals surface area contributed by atoms with Crippen molar-refractivity contribution in [3.05, 3.63) is 16.4 Å². The van der Waals surface area contributed by atoms with E-state index in [1.807, 2.05) is 42.2 Å². The third-order valence-corrected chi connectivity index (χ3v) is 6.44. The number of nitrogens with two attached hydrogens (primary N) is 1. The third-order valence-electron chi connectivity index (χ3n) is 3.01. The molecule has 2 heterocycles. The van der Waals surface area contributed by atoms with Crippen molar-refractivity contribution in [3.63, 3.8) is 0 Å². The molecule has 2 N–H and O–H groups in total. The molecule has 1 saturated heterocycles. The predicted molar refractivity (Wildman–Crippen MR) is 78.2 cm³/mol. The van der Waals surface area contributed by atoms with Crippen molar-refractivity contribution in [2.75, 3.05) is 17.3 Å². The summed E-state index contributed by atoms with van der Waals surface area (Å²) in [6.07, 6.45) is 0.814. The molecule has 1 aliphatic heterocycles. The van der Waals surface area contributed by atoms with E-state index < -0.39 is 0 Å². The van der Waals surface area contributed by atoms with Crippen LogP contribution in [0.2, 0.25) is 5.02 Å². The van der Waals surface area contributed by atoms with Crippen LogP contribution in [0.5, 0.6) is 0 Å². The maximum Gasteiger partial charge on any atom is 0.0847 e. The molecule has 2 rings (SSSR count). The zero-order valence-corrected chi connectivity index (χ0v) is 12.5. The van der Waals surface area contributed by atoms with Gasteiger partial charge >= 0.3 is 0 Å². The van der Waals surface area contributed by atoms with E-state index in [1.165, 1.54) is 11.5 Å². The van der Waals surface area contributed by atoms with Crippen LogP contribution in [0.15, 0.2) is 0 Å². The van der Waals surface area contributed by atoms with Gasteiger partial charge in [-0.15, -0.1) is 0 Å². The molecular formula is C11H18ClN3S2. The van der Waals surface area contributed by atoms with Crippen molar-refractivity contribution in [2.24, 2.45) is 12.8 Å². The van der Waals surface area contributed by atoms with Crippen LogP contribution in [0.25, 0.3) is 0 Å². The second-order valence-electron chi connectivity index (χ2n) is 4.32. The van der Waals surface area contributed by atoms with E-state index in [0.29, 0.717) is 5.25 Å². The van der Waals surface area contributed by atoms with E-state index in [2.05, 4.69) is 5.10 Å². The van der Waals surface area contributed by atoms with Crippen LogP contribution in [0, 0.1) is 6.92 Å². The quantitative estimate of drug-likeness (QED) is 0.926. The van der Waals surface area contributed by atoms with Gasteiger partial charge in [0.25, 0.3) is 0 Å². The molecule has 6 heteroatoms. The standard InChI is InChI=1S/C11H18ClN3S2/c1-7-11(12)9(15(2)14-7)5-8(13)10-6-16-3-4-17-10/h8,10H,3-6,13H2,1-2H3. The highest BCUT2D eigenvalue weighted by molar-refractivity contribution is 8.06. The van der Waals surface area contributed by atoms with Gasteiger partial charge in [-0.05, 0) is 6.92 Å². The van der Waals surface area contributed by atoms with E-state index in [9.17, 15) is 0 Å². The first kappa shape index (κ1) is 13.6. The van der Waals surface area contributed by atoms with Gasteiger partial charge in [-0.3, -0.25) is 4.68 Å². The van der Waals surface area contributed by atoms with Crippen molar-refractivity contribution >= 4 is 35.1 Å². The maximum atomic E-state index is 6.29. The molecule has 2 atom stereocenters. The molecule has 1 fully saturated rings. The number of rotatable bonds is 3. The van der Waals surface area contributed by atoms with Crippen LogP contribution in [-0.4, -0.2) is 38.3 Å². The zero-order chi connectivity index (χ0) is 12.4. The topological polar surface area (TPSA) is 43.8 Å². The highest BCUT2D eigenvalue weighted by atomic mass is 35.5. The van der Waals surface area contributed by atoms with Crippen LogP contribution >= 0.6 is 35.1 Å². The number of aromatic nitrogens is 2. The Bertz CT molecular complexity index is 388. The van der Waals surface area contributed by atoms with Crippen LogP contribution in [0.3, 0.4) is 0 Å². The third kappa shape index (κ3) is 3.13. The summed E-state index contributed by atoms with van der Waals surface area (Å²) >= 11 is 10.2. The summed E-state index contributed by atoms with van der Waals surface area (Å²) in [6.45, 7) is 1.93. The fraction of sp³-hybridized carbons (Fsp3) is 0.727. The van der Waals surface area contributed by atoms with Gasteiger partial charge in [-0.25, -0.2) is 0 Å². The van der Waals surface area contributed by atoms with E-state index in [0.717, 1.165) is 28.6 Å². The summed E-state index contributed by atoms with van der Waals surface area (Å²) in [7, 11) is 1.93. The molecule has 1 aliphatic rings. The number of hydrogen-bond donors (Lipinski definition) is 1. The highest BCUT2D eigenvalue weighted by Gasteiger charge is 2.24. The first-order valence-electron chi connectivity index (χ1n) is 5.72. The van der Waals surface area contributed by atoms with E-state index in [1.54, 1.807) is 0 Å². The van der Waals surface area contributed by atoms with Gasteiger partial charge in [0.2, 0.25) is 0 Å². The summed E-state index contributed by atoms with van der Waals surface area (Å²) in [5.41, 5.74) is 8.25. The fourth-order valence-electron chi connectivity index (χ4n) is 2.01. The first-order chi connectivity index (χ1) is 8.09. The molecule has 3 nitrogen and oxygen atoms in total. The Balaban J connectivity index is 2.04. The molecule has 1 aromatic heterocycles. The molecule has 0 aromatic carbocycles. The molecule has 0 spiro atoms. The number of halogens is 1. The van der Waals surface area contributed by atoms with Crippen molar-refractivity contribution in [3.8, 4) is 0 Å². The molecule has 0 bridgehead atoms. The van der Waals surface area contributed by atoms with Gasteiger partial charge in [-0.1, -0.05) is 11.6 Å². The Morgan fingerprint density at radius 1 is 1.59 bits per heavy atom. The SMILES string of the molecule is Cc1nn(C)c(CC(N)C2CSCCS2)c1Cl. The minimum absolute atomic E-state index is 0.167. The molecule has 2 unspecified atom stereocenters. The van der Waals surface area contributed by atoms with Gasteiger partial charge in [0, 0.05) is 42.0 Å². The maximum absolute atomic E-state index is 6.29. The van der Waals surface area contributed by atoms with E-state index in [4.69, 9.17) is 17.3 Å². The van der Waals surface area contributed by atoms with Crippen molar-refractivity contribution < 1.29 is 0 Å². The monoisotopic (exact) mass is 291 g/mol. The van der Waals surface area contributed by atoms with Crippen LogP contribution in [-0.2, 0) is 13.5 Å². The highest BCUT2D eigenvalue weighted by Crippen LogP contribution is 2.28. The average molecular weight is 292 g/mol. The second-order valence-corrected chi connectivity index (χ2v) is 7.20. The van der Waals surface area contributed by atoms with Gasteiger partial charge in [0.05, 0.1) is 16.4 Å². The van der Waals surface area contributed by atoms with Crippen molar-refractivity contribution in [1.82, 2.24) is 9.78 Å². The van der Waals surface area contributed by atoms with Crippen LogP contribution < -0.4 is 5.73 Å². The van der Waals surface area contributed by atoms with E-state index >= 15 is 0 Å². The van der Waals surface area contributed by atoms with Gasteiger partial charge in [0.15, 0.2) is 0 Å². The lowest BCUT2D eigenvalue weighted by Crippen LogP contribution is -2.38. The molecule has 0 aliphatic carbocycles. The first-order valence-corrected chi connectivity index (χ1v) is 8.30. The van der Waals surface area contributed by atoms with Gasteiger partial charge in [0.1, 0.15) is 0 Å². The largest absolute Gasteiger partial charge is 0.326 e. The predicted octanol–water partition coefficient (Wildman–Crippen LogP) is 2.10. The number of nitrogens with zero attached hydrogens (tertiary/aromatic N) is 2. The molecule has 0 saturated carbocycles. The van der Waals surface area contributed by atoms with Gasteiger partial charge < -0.3 is 5.73 Å². The lowest BCUT2D eigenvalue weighted by atomic mass is 10.1. The van der Waals surface area contributed by atoms with Crippen molar-refractivity contribution in [1.29, 1.82) is 0 Å². The Hall–Kier alpha value is 0.160. The van der Waals surface area contributed by atoms with E-state index in [-0.39, 0.29) is 6.04 Å². The zero-order valence-electron chi connectivity index (χ0n) is 10.1. The summed E-state index contributed by atoms with van der Waals surface area (Å²) in [5, 5.41) is 5.64. The van der Waals surface area contributed by atoms with Crippen LogP contribution in [0.4, 0.5) is 0 Å². The van der Waals surface area contributed by atoms with Crippen LogP contribution in [0.1, 0.15) is 11.4 Å². The number of thioether (sulfide) groups is 2. The Kier molecular flexibility index (Phi) is 4.69. The minimum Gasteiger partial charge on any atom is -0.326 e. The van der Waals surface area contributed by atoms with Crippen molar-refractivity contribution in [2.45, 2.75) is 24.6 Å². The Morgan fingerprint density at radius 3 is 2.88 bits per heavy atom. The Labute approximate surface area is 116 Å². The lowest BCUT2D eigenvalue weighted by Gasteiger charge is -2.26. The lowest BCUT2D eigenvalue weighted by molar-refractivity contribution is 0.612. The normalized spacial score (nSPS) is 22.7. The summed E-state index contributed by atoms with van der Waals surface area (Å²) in [5.74, 6) is 3.61. The van der Waals surface area contributed by atoms with Gasteiger partial charge in [-0.2, -0.15) is 28.6 Å². The smallest absolute Gasteiger partial charge is 0.0847 e. The number of aryl methyl sites for hydroxylation is 2. The summed E-state index contributed by atoms with van der Waals surface area (Å²) in [6, 6.07) is 0.167. The summed E-state index contributed by atoms with van der Waals surface area (Å²) < 4.78 is 1.86. The molecule has 17 heavy (non-hydrogen) atoms. The molecule has 0 radical (unpaired) electrons. The summed E-state index contributed by atoms with van der Waals surface area (Å²) in [4.78, 5) is 0. The Morgan fingerprint density at radius 2 is 2.35 bits per heavy atom. The molecule has 96 valence electrons.